The smallest absolute Gasteiger partial charge is 0.435 e. The van der Waals surface area contributed by atoms with Crippen molar-refractivity contribution in [1.29, 1.82) is 0 Å². The normalized spacial score (nSPS) is 20.4. The maximum Gasteiger partial charge on any atom is 0.435 e. The third-order valence-electron chi connectivity index (χ3n) is 3.02. The molecule has 1 fully saturated rings. The largest absolute Gasteiger partial charge is 0.480 e. The van der Waals surface area contributed by atoms with Crippen molar-refractivity contribution in [2.75, 3.05) is 11.4 Å². The van der Waals surface area contributed by atoms with E-state index in [0.29, 0.717) is 13.0 Å². The van der Waals surface area contributed by atoms with Gasteiger partial charge in [0, 0.05) is 6.54 Å². The summed E-state index contributed by atoms with van der Waals surface area (Å²) in [5.74, 6) is -0.832. The molecule has 1 aromatic heterocycles. The van der Waals surface area contributed by atoms with Crippen molar-refractivity contribution in [3.8, 4) is 0 Å². The Morgan fingerprint density at radius 1 is 1.32 bits per heavy atom. The molecule has 0 bridgehead atoms. The lowest BCUT2D eigenvalue weighted by molar-refractivity contribution is -0.142. The topological polar surface area (TPSA) is 66.3 Å². The molecular weight excluding hydrogens is 263 g/mol. The predicted molar refractivity (Wildman–Crippen MR) is 59.7 cm³/mol. The van der Waals surface area contributed by atoms with E-state index in [0.717, 1.165) is 25.0 Å². The van der Waals surface area contributed by atoms with Gasteiger partial charge in [0.2, 0.25) is 0 Å². The van der Waals surface area contributed by atoms with Crippen LogP contribution in [0.1, 0.15) is 25.0 Å². The van der Waals surface area contributed by atoms with Crippen molar-refractivity contribution in [2.24, 2.45) is 0 Å². The molecule has 0 aliphatic carbocycles. The number of aliphatic carboxylic acids is 1. The number of aromatic nitrogens is 2. The lowest BCUT2D eigenvalue weighted by atomic mass is 10.0. The maximum absolute atomic E-state index is 12.4. The highest BCUT2D eigenvalue weighted by Gasteiger charge is 2.34. The number of carbonyl (C=O) groups is 1. The van der Waals surface area contributed by atoms with Gasteiger partial charge in [-0.05, 0) is 31.4 Å². The Morgan fingerprint density at radius 3 is 2.58 bits per heavy atom. The summed E-state index contributed by atoms with van der Waals surface area (Å²) in [4.78, 5) is 12.6. The second-order valence-corrected chi connectivity index (χ2v) is 4.32. The molecule has 0 aromatic carbocycles. The fourth-order valence-electron chi connectivity index (χ4n) is 2.09. The summed E-state index contributed by atoms with van der Waals surface area (Å²) in [6.45, 7) is 0.455. The van der Waals surface area contributed by atoms with Crippen LogP contribution in [-0.2, 0) is 11.0 Å². The van der Waals surface area contributed by atoms with Gasteiger partial charge in [0.25, 0.3) is 0 Å². The van der Waals surface area contributed by atoms with Crippen LogP contribution < -0.4 is 4.90 Å². The minimum absolute atomic E-state index is 0.167. The third-order valence-corrected chi connectivity index (χ3v) is 3.02. The molecule has 0 saturated carbocycles. The standard InChI is InChI=1S/C11H12F3N3O2/c12-11(13,14)8-4-5-9(16-15-8)17-6-2-1-3-7(17)10(18)19/h4-5,7H,1-3,6H2,(H,18,19). The highest BCUT2D eigenvalue weighted by Crippen LogP contribution is 2.29. The molecule has 104 valence electrons. The Hall–Kier alpha value is -1.86. The van der Waals surface area contributed by atoms with Crippen molar-refractivity contribution < 1.29 is 23.1 Å². The first-order valence-corrected chi connectivity index (χ1v) is 5.80. The van der Waals surface area contributed by atoms with Crippen molar-refractivity contribution in [3.05, 3.63) is 17.8 Å². The Labute approximate surface area is 107 Å². The molecule has 0 amide bonds. The van der Waals surface area contributed by atoms with Crippen LogP contribution in [0.15, 0.2) is 12.1 Å². The third kappa shape index (κ3) is 2.94. The van der Waals surface area contributed by atoms with Crippen molar-refractivity contribution in [1.82, 2.24) is 10.2 Å². The van der Waals surface area contributed by atoms with E-state index in [1.54, 1.807) is 0 Å². The summed E-state index contributed by atoms with van der Waals surface area (Å²) < 4.78 is 37.1. The zero-order valence-electron chi connectivity index (χ0n) is 9.89. The van der Waals surface area contributed by atoms with Gasteiger partial charge >= 0.3 is 12.1 Å². The molecule has 5 nitrogen and oxygen atoms in total. The van der Waals surface area contributed by atoms with Gasteiger partial charge in [-0.15, -0.1) is 10.2 Å². The van der Waals surface area contributed by atoms with Crippen LogP contribution in [0.5, 0.6) is 0 Å². The van der Waals surface area contributed by atoms with E-state index in [9.17, 15) is 18.0 Å². The summed E-state index contributed by atoms with van der Waals surface area (Å²) in [5, 5.41) is 15.7. The second-order valence-electron chi connectivity index (χ2n) is 4.32. The maximum atomic E-state index is 12.4. The van der Waals surface area contributed by atoms with Crippen LogP contribution in [0.25, 0.3) is 0 Å². The van der Waals surface area contributed by atoms with Gasteiger partial charge in [-0.3, -0.25) is 0 Å². The zero-order chi connectivity index (χ0) is 14.0. The van der Waals surface area contributed by atoms with Gasteiger partial charge in [0.05, 0.1) is 0 Å². The molecule has 1 N–H and O–H groups in total. The molecule has 1 saturated heterocycles. The Balaban J connectivity index is 2.23. The Morgan fingerprint density at radius 2 is 2.05 bits per heavy atom. The number of carboxylic acids is 1. The first-order chi connectivity index (χ1) is 8.89. The number of halogens is 3. The molecule has 0 spiro atoms. The molecular formula is C11H12F3N3O2. The number of piperidine rings is 1. The molecule has 2 rings (SSSR count). The lowest BCUT2D eigenvalue weighted by Crippen LogP contribution is -2.45. The van der Waals surface area contributed by atoms with Gasteiger partial charge in [0.15, 0.2) is 11.5 Å². The second kappa shape index (κ2) is 5.02. The summed E-state index contributed by atoms with van der Waals surface area (Å²) in [5.41, 5.74) is -1.08. The fourth-order valence-corrected chi connectivity index (χ4v) is 2.09. The number of hydrogen-bond acceptors (Lipinski definition) is 4. The van der Waals surface area contributed by atoms with E-state index in [2.05, 4.69) is 10.2 Å². The molecule has 1 aliphatic heterocycles. The monoisotopic (exact) mass is 275 g/mol. The highest BCUT2D eigenvalue weighted by atomic mass is 19.4. The first kappa shape index (κ1) is 13.6. The molecule has 19 heavy (non-hydrogen) atoms. The lowest BCUT2D eigenvalue weighted by Gasteiger charge is -2.33. The van der Waals surface area contributed by atoms with Crippen LogP contribution in [0.2, 0.25) is 0 Å². The number of alkyl halides is 3. The van der Waals surface area contributed by atoms with Crippen molar-refractivity contribution >= 4 is 11.8 Å². The molecule has 1 unspecified atom stereocenters. The van der Waals surface area contributed by atoms with Gasteiger partial charge in [0.1, 0.15) is 6.04 Å². The van der Waals surface area contributed by atoms with E-state index in [4.69, 9.17) is 5.11 Å². The summed E-state index contributed by atoms with van der Waals surface area (Å²) in [6, 6.07) is 1.23. The summed E-state index contributed by atoms with van der Waals surface area (Å²) in [6.07, 6.45) is -2.52. The number of carboxylic acid groups (broad SMARTS) is 1. The zero-order valence-corrected chi connectivity index (χ0v) is 9.89. The molecule has 1 aliphatic rings. The van der Waals surface area contributed by atoms with Gasteiger partial charge in [-0.25, -0.2) is 4.79 Å². The average Bonchev–Trinajstić information content (AvgIpc) is 2.38. The number of anilines is 1. The quantitative estimate of drug-likeness (QED) is 0.893. The predicted octanol–water partition coefficient (Wildman–Crippen LogP) is 1.94. The Kier molecular flexibility index (Phi) is 3.59. The molecule has 1 aromatic rings. The minimum atomic E-state index is -4.54. The molecule has 0 radical (unpaired) electrons. The van der Waals surface area contributed by atoms with Crippen molar-refractivity contribution in [2.45, 2.75) is 31.5 Å². The van der Waals surface area contributed by atoms with E-state index >= 15 is 0 Å². The van der Waals surface area contributed by atoms with Crippen LogP contribution >= 0.6 is 0 Å². The van der Waals surface area contributed by atoms with Gasteiger partial charge < -0.3 is 10.0 Å². The minimum Gasteiger partial charge on any atom is -0.480 e. The van der Waals surface area contributed by atoms with Crippen LogP contribution in [0, 0.1) is 0 Å². The van der Waals surface area contributed by atoms with E-state index in [1.165, 1.54) is 4.90 Å². The van der Waals surface area contributed by atoms with Crippen LogP contribution in [0.4, 0.5) is 19.0 Å². The number of nitrogens with zero attached hydrogens (tertiary/aromatic N) is 3. The Bertz CT molecular complexity index is 461. The SMILES string of the molecule is O=C(O)C1CCCCN1c1ccc(C(F)(F)F)nn1. The molecule has 2 heterocycles. The fraction of sp³-hybridized carbons (Fsp3) is 0.545. The van der Waals surface area contributed by atoms with Crippen LogP contribution in [-0.4, -0.2) is 33.9 Å². The molecule has 8 heteroatoms. The number of hydrogen-bond donors (Lipinski definition) is 1. The molecule has 1 atom stereocenters. The van der Waals surface area contributed by atoms with Crippen molar-refractivity contribution in [3.63, 3.8) is 0 Å². The van der Waals surface area contributed by atoms with Gasteiger partial charge in [-0.1, -0.05) is 0 Å². The highest BCUT2D eigenvalue weighted by molar-refractivity contribution is 5.77. The summed E-state index contributed by atoms with van der Waals surface area (Å²) in [7, 11) is 0. The van der Waals surface area contributed by atoms with Gasteiger partial charge in [-0.2, -0.15) is 13.2 Å². The summed E-state index contributed by atoms with van der Waals surface area (Å²) >= 11 is 0. The van der Waals surface area contributed by atoms with E-state index < -0.39 is 23.9 Å². The average molecular weight is 275 g/mol. The van der Waals surface area contributed by atoms with E-state index in [1.807, 2.05) is 0 Å². The van der Waals surface area contributed by atoms with Crippen LogP contribution in [0.3, 0.4) is 0 Å². The first-order valence-electron chi connectivity index (χ1n) is 5.80. The van der Waals surface area contributed by atoms with E-state index in [-0.39, 0.29) is 5.82 Å². The number of rotatable bonds is 2.